The Balaban J connectivity index is 1.43. The van der Waals surface area contributed by atoms with Gasteiger partial charge < -0.3 is 5.32 Å². The van der Waals surface area contributed by atoms with Crippen molar-refractivity contribution < 1.29 is 14.5 Å². The van der Waals surface area contributed by atoms with Crippen molar-refractivity contribution in [3.05, 3.63) is 75.3 Å². The predicted octanol–water partition coefficient (Wildman–Crippen LogP) is 2.76. The predicted molar refractivity (Wildman–Crippen MR) is 95.8 cm³/mol. The van der Waals surface area contributed by atoms with Gasteiger partial charge >= 0.3 is 0 Å². The highest BCUT2D eigenvalue weighted by molar-refractivity contribution is 6.21. The van der Waals surface area contributed by atoms with Gasteiger partial charge in [-0.25, -0.2) is 0 Å². The highest BCUT2D eigenvalue weighted by Gasteiger charge is 2.34. The minimum Gasteiger partial charge on any atom is -0.312 e. The third-order valence-corrected chi connectivity index (χ3v) is 4.37. The molecule has 2 aromatic rings. The van der Waals surface area contributed by atoms with E-state index < -0.39 is 0 Å². The molecule has 0 saturated carbocycles. The number of nitro benzene ring substituents is 1. The molecular weight excluding hydrogens is 334 g/mol. The Morgan fingerprint density at radius 3 is 2.19 bits per heavy atom. The van der Waals surface area contributed by atoms with Crippen LogP contribution in [0.25, 0.3) is 0 Å². The molecule has 0 spiro atoms. The van der Waals surface area contributed by atoms with Gasteiger partial charge in [0.1, 0.15) is 0 Å². The highest BCUT2D eigenvalue weighted by Crippen LogP contribution is 2.22. The molecule has 0 aromatic heterocycles. The molecule has 0 aliphatic carbocycles. The molecule has 134 valence electrons. The van der Waals surface area contributed by atoms with Gasteiger partial charge in [0.25, 0.3) is 17.5 Å². The van der Waals surface area contributed by atoms with E-state index in [9.17, 15) is 19.7 Å². The number of nitrogens with one attached hydrogen (secondary N) is 1. The number of benzene rings is 2. The lowest BCUT2D eigenvalue weighted by Crippen LogP contribution is -2.31. The van der Waals surface area contributed by atoms with Crippen molar-refractivity contribution in [3.8, 4) is 0 Å². The molecule has 0 unspecified atom stereocenters. The summed E-state index contributed by atoms with van der Waals surface area (Å²) in [6, 6.07) is 13.5. The topological polar surface area (TPSA) is 92.6 Å². The summed E-state index contributed by atoms with van der Waals surface area (Å²) in [6.45, 7) is 1.43. The Hall–Kier alpha value is -3.06. The molecule has 7 heteroatoms. The summed E-state index contributed by atoms with van der Waals surface area (Å²) in [5.41, 5.74) is 1.67. The number of imide groups is 1. The van der Waals surface area contributed by atoms with Gasteiger partial charge in [-0.1, -0.05) is 30.3 Å². The van der Waals surface area contributed by atoms with Crippen LogP contribution in [0, 0.1) is 10.1 Å². The van der Waals surface area contributed by atoms with Crippen molar-refractivity contribution in [1.29, 1.82) is 0 Å². The summed E-state index contributed by atoms with van der Waals surface area (Å²) < 4.78 is 0. The van der Waals surface area contributed by atoms with E-state index in [0.29, 0.717) is 42.7 Å². The molecule has 26 heavy (non-hydrogen) atoms. The number of unbranched alkanes of at least 4 members (excludes halogenated alkanes) is 1. The summed E-state index contributed by atoms with van der Waals surface area (Å²) in [4.78, 5) is 36.3. The average molecular weight is 353 g/mol. The summed E-state index contributed by atoms with van der Waals surface area (Å²) in [7, 11) is 0. The first-order chi connectivity index (χ1) is 12.6. The van der Waals surface area contributed by atoms with Gasteiger partial charge in [0, 0.05) is 24.7 Å². The third-order valence-electron chi connectivity index (χ3n) is 4.37. The van der Waals surface area contributed by atoms with Crippen LogP contribution in [0.2, 0.25) is 0 Å². The van der Waals surface area contributed by atoms with Crippen LogP contribution in [0.4, 0.5) is 5.69 Å². The number of para-hydroxylation sites is 1. The van der Waals surface area contributed by atoms with E-state index in [1.165, 1.54) is 11.0 Å². The zero-order chi connectivity index (χ0) is 18.5. The van der Waals surface area contributed by atoms with Crippen LogP contribution < -0.4 is 5.32 Å². The molecule has 0 radical (unpaired) electrons. The molecule has 7 nitrogen and oxygen atoms in total. The fourth-order valence-corrected chi connectivity index (χ4v) is 3.02. The minimum atomic E-state index is -0.390. The van der Waals surface area contributed by atoms with Gasteiger partial charge in [0.15, 0.2) is 0 Å². The quantitative estimate of drug-likeness (QED) is 0.341. The normalized spacial score (nSPS) is 13.2. The summed E-state index contributed by atoms with van der Waals surface area (Å²) >= 11 is 0. The number of carbonyl (C=O) groups is 2. The van der Waals surface area contributed by atoms with E-state index in [2.05, 4.69) is 5.32 Å². The maximum absolute atomic E-state index is 12.2. The number of carbonyl (C=O) groups excluding carboxylic acids is 2. The molecule has 1 heterocycles. The molecule has 0 bridgehead atoms. The smallest absolute Gasteiger partial charge is 0.273 e. The maximum Gasteiger partial charge on any atom is 0.273 e. The zero-order valence-electron chi connectivity index (χ0n) is 14.2. The number of hydrogen-bond acceptors (Lipinski definition) is 5. The number of hydrogen-bond donors (Lipinski definition) is 1. The second kappa shape index (κ2) is 7.88. The third kappa shape index (κ3) is 3.62. The van der Waals surface area contributed by atoms with Crippen molar-refractivity contribution in [2.24, 2.45) is 0 Å². The fourth-order valence-electron chi connectivity index (χ4n) is 3.02. The first-order valence-electron chi connectivity index (χ1n) is 8.48. The van der Waals surface area contributed by atoms with Crippen molar-refractivity contribution >= 4 is 17.5 Å². The molecule has 3 rings (SSSR count). The van der Waals surface area contributed by atoms with Crippen LogP contribution >= 0.6 is 0 Å². The summed E-state index contributed by atoms with van der Waals surface area (Å²) in [5.74, 6) is -0.475. The van der Waals surface area contributed by atoms with Crippen LogP contribution in [-0.2, 0) is 6.54 Å². The van der Waals surface area contributed by atoms with Gasteiger partial charge in [0.2, 0.25) is 0 Å². The van der Waals surface area contributed by atoms with Gasteiger partial charge in [0.05, 0.1) is 16.1 Å². The molecule has 1 aliphatic heterocycles. The second-order valence-electron chi connectivity index (χ2n) is 6.08. The first kappa shape index (κ1) is 17.8. The van der Waals surface area contributed by atoms with Crippen LogP contribution in [0.3, 0.4) is 0 Å². The number of nitrogens with zero attached hydrogens (tertiary/aromatic N) is 2. The summed E-state index contributed by atoms with van der Waals surface area (Å²) in [5, 5.41) is 14.1. The Morgan fingerprint density at radius 2 is 1.54 bits per heavy atom. The molecule has 2 amide bonds. The Labute approximate surface area is 150 Å². The Morgan fingerprint density at radius 1 is 0.923 bits per heavy atom. The Kier molecular flexibility index (Phi) is 5.38. The number of nitro groups is 1. The SMILES string of the molecule is O=C1c2ccccc2C(=O)N1CCCCNCc1ccccc1[N+](=O)[O-]. The van der Waals surface area contributed by atoms with E-state index in [4.69, 9.17) is 0 Å². The fraction of sp³-hybridized carbons (Fsp3) is 0.263. The molecule has 0 fully saturated rings. The second-order valence-corrected chi connectivity index (χ2v) is 6.08. The average Bonchev–Trinajstić information content (AvgIpc) is 2.89. The lowest BCUT2D eigenvalue weighted by atomic mass is 10.1. The van der Waals surface area contributed by atoms with Crippen LogP contribution in [0.1, 0.15) is 39.1 Å². The van der Waals surface area contributed by atoms with Crippen molar-refractivity contribution in [1.82, 2.24) is 10.2 Å². The molecule has 1 aliphatic rings. The van der Waals surface area contributed by atoms with E-state index in [1.54, 1.807) is 42.5 Å². The molecule has 0 saturated heterocycles. The van der Waals surface area contributed by atoms with Crippen LogP contribution in [-0.4, -0.2) is 34.7 Å². The molecule has 1 N–H and O–H groups in total. The maximum atomic E-state index is 12.2. The first-order valence-corrected chi connectivity index (χ1v) is 8.48. The number of amides is 2. The lowest BCUT2D eigenvalue weighted by molar-refractivity contribution is -0.385. The monoisotopic (exact) mass is 353 g/mol. The number of rotatable bonds is 8. The number of fused-ring (bicyclic) bond motifs is 1. The van der Waals surface area contributed by atoms with Crippen LogP contribution in [0.15, 0.2) is 48.5 Å². The Bertz CT molecular complexity index is 815. The van der Waals surface area contributed by atoms with Crippen molar-refractivity contribution in [3.63, 3.8) is 0 Å². The molecular formula is C19H19N3O4. The molecule has 2 aromatic carbocycles. The van der Waals surface area contributed by atoms with E-state index in [1.807, 2.05) is 0 Å². The van der Waals surface area contributed by atoms with E-state index >= 15 is 0 Å². The van der Waals surface area contributed by atoms with Gasteiger partial charge in [-0.05, 0) is 31.5 Å². The van der Waals surface area contributed by atoms with Gasteiger partial charge in [-0.2, -0.15) is 0 Å². The summed E-state index contributed by atoms with van der Waals surface area (Å²) in [6.07, 6.45) is 1.43. The van der Waals surface area contributed by atoms with Gasteiger partial charge in [-0.3, -0.25) is 24.6 Å². The van der Waals surface area contributed by atoms with Gasteiger partial charge in [-0.15, -0.1) is 0 Å². The van der Waals surface area contributed by atoms with Crippen LogP contribution in [0.5, 0.6) is 0 Å². The van der Waals surface area contributed by atoms with Crippen molar-refractivity contribution in [2.45, 2.75) is 19.4 Å². The zero-order valence-corrected chi connectivity index (χ0v) is 14.2. The largest absolute Gasteiger partial charge is 0.312 e. The molecule has 0 atom stereocenters. The lowest BCUT2D eigenvalue weighted by Gasteiger charge is -2.13. The van der Waals surface area contributed by atoms with Crippen molar-refractivity contribution in [2.75, 3.05) is 13.1 Å². The van der Waals surface area contributed by atoms with E-state index in [0.717, 1.165) is 6.42 Å². The van der Waals surface area contributed by atoms with E-state index in [-0.39, 0.29) is 22.4 Å². The standard InChI is InChI=1S/C19H19N3O4/c23-18-15-8-2-3-9-16(15)19(24)21(18)12-6-5-11-20-13-14-7-1-4-10-17(14)22(25)26/h1-4,7-10,20H,5-6,11-13H2. The minimum absolute atomic E-state index is 0.103. The highest BCUT2D eigenvalue weighted by atomic mass is 16.6.